The second-order valence-corrected chi connectivity index (χ2v) is 6.24. The van der Waals surface area contributed by atoms with Gasteiger partial charge in [-0.1, -0.05) is 12.1 Å². The molecular weight excluding hydrogens is 284 g/mol. The van der Waals surface area contributed by atoms with Gasteiger partial charge in [-0.25, -0.2) is 4.79 Å². The van der Waals surface area contributed by atoms with Crippen LogP contribution < -0.4 is 11.1 Å². The Balaban J connectivity index is 2.73. The highest BCUT2D eigenvalue weighted by molar-refractivity contribution is 5.86. The molecule has 1 atom stereocenters. The number of anilines is 1. The maximum absolute atomic E-state index is 11.8. The molecule has 6 heteroatoms. The molecular formula is C16H24N2O4. The van der Waals surface area contributed by atoms with Crippen LogP contribution >= 0.6 is 0 Å². The number of hydrogen-bond acceptors (Lipinski definition) is 4. The third-order valence-electron chi connectivity index (χ3n) is 2.98. The molecule has 22 heavy (non-hydrogen) atoms. The van der Waals surface area contributed by atoms with Gasteiger partial charge < -0.3 is 15.6 Å². The second kappa shape index (κ2) is 7.26. The van der Waals surface area contributed by atoms with Gasteiger partial charge in [0.05, 0.1) is 0 Å². The molecule has 1 amide bonds. The van der Waals surface area contributed by atoms with Gasteiger partial charge in [0.2, 0.25) is 0 Å². The lowest BCUT2D eigenvalue weighted by molar-refractivity contribution is -0.137. The molecule has 0 aliphatic heterocycles. The van der Waals surface area contributed by atoms with Gasteiger partial charge in [0.25, 0.3) is 0 Å². The van der Waals surface area contributed by atoms with Gasteiger partial charge in [-0.2, -0.15) is 0 Å². The summed E-state index contributed by atoms with van der Waals surface area (Å²) in [6, 6.07) is 5.03. The van der Waals surface area contributed by atoms with Crippen LogP contribution in [0.3, 0.4) is 0 Å². The molecule has 0 radical (unpaired) electrons. The summed E-state index contributed by atoms with van der Waals surface area (Å²) in [5, 5.41) is 11.4. The van der Waals surface area contributed by atoms with Gasteiger partial charge in [0.15, 0.2) is 0 Å². The molecule has 0 saturated heterocycles. The van der Waals surface area contributed by atoms with E-state index in [4.69, 9.17) is 15.6 Å². The average molecular weight is 308 g/mol. The van der Waals surface area contributed by atoms with Crippen LogP contribution in [0.4, 0.5) is 10.5 Å². The molecule has 6 nitrogen and oxygen atoms in total. The predicted molar refractivity (Wildman–Crippen MR) is 84.8 cm³/mol. The Morgan fingerprint density at radius 1 is 1.36 bits per heavy atom. The smallest absolute Gasteiger partial charge is 0.412 e. The molecule has 1 rings (SSSR count). The van der Waals surface area contributed by atoms with E-state index in [9.17, 15) is 9.59 Å². The van der Waals surface area contributed by atoms with Crippen LogP contribution in [-0.4, -0.2) is 22.8 Å². The van der Waals surface area contributed by atoms with Crippen molar-refractivity contribution in [2.75, 3.05) is 5.32 Å². The van der Waals surface area contributed by atoms with E-state index < -0.39 is 17.7 Å². The van der Waals surface area contributed by atoms with E-state index in [2.05, 4.69) is 5.32 Å². The van der Waals surface area contributed by atoms with Gasteiger partial charge >= 0.3 is 12.1 Å². The third kappa shape index (κ3) is 6.13. The fourth-order valence-electron chi connectivity index (χ4n) is 1.92. The van der Waals surface area contributed by atoms with Gasteiger partial charge in [0.1, 0.15) is 5.60 Å². The van der Waals surface area contributed by atoms with E-state index in [-0.39, 0.29) is 12.5 Å². The molecule has 0 aliphatic rings. The number of aliphatic carboxylic acids is 1. The zero-order valence-corrected chi connectivity index (χ0v) is 13.5. The number of carboxylic acid groups (broad SMARTS) is 1. The lowest BCUT2D eigenvalue weighted by atomic mass is 10.00. The van der Waals surface area contributed by atoms with Crippen molar-refractivity contribution in [2.24, 2.45) is 5.73 Å². The number of benzene rings is 1. The summed E-state index contributed by atoms with van der Waals surface area (Å²) in [5.41, 5.74) is 7.74. The molecule has 1 unspecified atom stereocenters. The molecule has 1 aromatic rings. The van der Waals surface area contributed by atoms with E-state index in [1.807, 2.05) is 13.0 Å². The van der Waals surface area contributed by atoms with Crippen molar-refractivity contribution in [2.45, 2.75) is 52.2 Å². The van der Waals surface area contributed by atoms with Crippen molar-refractivity contribution in [3.05, 3.63) is 29.3 Å². The molecule has 1 aromatic carbocycles. The maximum Gasteiger partial charge on any atom is 0.412 e. The van der Waals surface area contributed by atoms with Gasteiger partial charge in [0, 0.05) is 18.2 Å². The second-order valence-electron chi connectivity index (χ2n) is 6.24. The Labute approximate surface area is 130 Å². The summed E-state index contributed by atoms with van der Waals surface area (Å²) in [6.45, 7) is 7.23. The number of nitrogens with one attached hydrogen (secondary N) is 1. The zero-order valence-electron chi connectivity index (χ0n) is 13.5. The van der Waals surface area contributed by atoms with E-state index in [0.717, 1.165) is 11.1 Å². The van der Waals surface area contributed by atoms with Crippen LogP contribution in [0.2, 0.25) is 0 Å². The number of rotatable bonds is 5. The SMILES string of the molecule is Cc1cc(C(N)CCC(=O)O)ccc1NC(=O)OC(C)(C)C. The summed E-state index contributed by atoms with van der Waals surface area (Å²) in [5.74, 6) is -0.865. The van der Waals surface area contributed by atoms with Crippen LogP contribution in [-0.2, 0) is 9.53 Å². The first kappa shape index (κ1) is 18.0. The molecule has 4 N–H and O–H groups in total. The number of carbonyl (C=O) groups excluding carboxylic acids is 1. The normalized spacial score (nSPS) is 12.6. The summed E-state index contributed by atoms with van der Waals surface area (Å²) in [7, 11) is 0. The third-order valence-corrected chi connectivity index (χ3v) is 2.98. The van der Waals surface area contributed by atoms with Crippen molar-refractivity contribution < 1.29 is 19.4 Å². The highest BCUT2D eigenvalue weighted by atomic mass is 16.6. The first-order valence-electron chi connectivity index (χ1n) is 7.16. The first-order valence-corrected chi connectivity index (χ1v) is 7.16. The fraction of sp³-hybridized carbons (Fsp3) is 0.500. The molecule has 122 valence electrons. The fourth-order valence-corrected chi connectivity index (χ4v) is 1.92. The molecule has 0 spiro atoms. The molecule has 0 bridgehead atoms. The standard InChI is InChI=1S/C16H24N2O4/c1-10-9-11(12(17)6-8-14(19)20)5-7-13(10)18-15(21)22-16(2,3)4/h5,7,9,12H,6,8,17H2,1-4H3,(H,18,21)(H,19,20). The van der Waals surface area contributed by atoms with Crippen LogP contribution in [0.15, 0.2) is 18.2 Å². The number of amides is 1. The minimum Gasteiger partial charge on any atom is -0.481 e. The zero-order chi connectivity index (χ0) is 16.9. The largest absolute Gasteiger partial charge is 0.481 e. The number of carboxylic acids is 1. The summed E-state index contributed by atoms with van der Waals surface area (Å²) in [4.78, 5) is 22.3. The monoisotopic (exact) mass is 308 g/mol. The van der Waals surface area contributed by atoms with Gasteiger partial charge in [-0.15, -0.1) is 0 Å². The van der Waals surface area contributed by atoms with Gasteiger partial charge in [-0.3, -0.25) is 10.1 Å². The molecule has 0 fully saturated rings. The number of carbonyl (C=O) groups is 2. The Morgan fingerprint density at radius 2 is 2.00 bits per heavy atom. The molecule has 0 aliphatic carbocycles. The topological polar surface area (TPSA) is 102 Å². The Bertz CT molecular complexity index is 550. The minimum absolute atomic E-state index is 0.0259. The molecule has 0 heterocycles. The van der Waals surface area contributed by atoms with Crippen LogP contribution in [0.5, 0.6) is 0 Å². The Hall–Kier alpha value is -2.08. The number of nitrogens with two attached hydrogens (primary N) is 1. The summed E-state index contributed by atoms with van der Waals surface area (Å²) >= 11 is 0. The van der Waals surface area contributed by atoms with Gasteiger partial charge in [-0.05, 0) is 51.3 Å². The number of ether oxygens (including phenoxy) is 1. The van der Waals surface area contributed by atoms with E-state index in [1.165, 1.54) is 0 Å². The lowest BCUT2D eigenvalue weighted by Crippen LogP contribution is -2.27. The highest BCUT2D eigenvalue weighted by Crippen LogP contribution is 2.23. The minimum atomic E-state index is -0.865. The summed E-state index contributed by atoms with van der Waals surface area (Å²) < 4.78 is 5.20. The van der Waals surface area contributed by atoms with Crippen molar-refractivity contribution in [1.29, 1.82) is 0 Å². The van der Waals surface area contributed by atoms with Crippen LogP contribution in [0.25, 0.3) is 0 Å². The first-order chi connectivity index (χ1) is 10.1. The quantitative estimate of drug-likeness (QED) is 0.775. The Morgan fingerprint density at radius 3 is 2.50 bits per heavy atom. The van der Waals surface area contributed by atoms with E-state index in [0.29, 0.717) is 12.1 Å². The van der Waals surface area contributed by atoms with Crippen LogP contribution in [0, 0.1) is 6.92 Å². The molecule has 0 aromatic heterocycles. The lowest BCUT2D eigenvalue weighted by Gasteiger charge is -2.20. The predicted octanol–water partition coefficient (Wildman–Crippen LogP) is 3.21. The van der Waals surface area contributed by atoms with E-state index in [1.54, 1.807) is 32.9 Å². The average Bonchev–Trinajstić information content (AvgIpc) is 2.36. The van der Waals surface area contributed by atoms with Crippen molar-refractivity contribution in [1.82, 2.24) is 0 Å². The summed E-state index contributed by atoms with van der Waals surface area (Å²) in [6.07, 6.45) is -0.121. The van der Waals surface area contributed by atoms with Crippen molar-refractivity contribution in [3.63, 3.8) is 0 Å². The van der Waals surface area contributed by atoms with E-state index >= 15 is 0 Å². The van der Waals surface area contributed by atoms with Crippen LogP contribution in [0.1, 0.15) is 50.8 Å². The maximum atomic E-state index is 11.8. The number of aryl methyl sites for hydroxylation is 1. The Kier molecular flexibility index (Phi) is 5.93. The molecule has 0 saturated carbocycles. The highest BCUT2D eigenvalue weighted by Gasteiger charge is 2.17. The van der Waals surface area contributed by atoms with Crippen molar-refractivity contribution >= 4 is 17.7 Å². The number of hydrogen-bond donors (Lipinski definition) is 3. The van der Waals surface area contributed by atoms with Crippen molar-refractivity contribution in [3.8, 4) is 0 Å².